The van der Waals surface area contributed by atoms with Gasteiger partial charge in [-0.3, -0.25) is 14.5 Å². The van der Waals surface area contributed by atoms with Gasteiger partial charge in [0.15, 0.2) is 0 Å². The second kappa shape index (κ2) is 3.67. The number of nitrogens with zero attached hydrogens (tertiary/aromatic N) is 1. The van der Waals surface area contributed by atoms with Crippen molar-refractivity contribution in [1.82, 2.24) is 4.90 Å². The third-order valence-corrected chi connectivity index (χ3v) is 2.10. The SMILES string of the molecule is CC1=CC(=O)N(C(C)CC(F)(F)F)C1=O. The first-order valence-electron chi connectivity index (χ1n) is 4.35. The summed E-state index contributed by atoms with van der Waals surface area (Å²) in [6.07, 6.45) is -4.50. The van der Waals surface area contributed by atoms with Crippen LogP contribution in [0.4, 0.5) is 13.2 Å². The molecule has 0 radical (unpaired) electrons. The number of carbonyl (C=O) groups excluding carboxylic acids is 2. The number of rotatable bonds is 2. The largest absolute Gasteiger partial charge is 0.391 e. The van der Waals surface area contributed by atoms with Crippen molar-refractivity contribution < 1.29 is 22.8 Å². The summed E-state index contributed by atoms with van der Waals surface area (Å²) >= 11 is 0. The molecule has 1 aliphatic heterocycles. The van der Waals surface area contributed by atoms with Crippen LogP contribution in [0.25, 0.3) is 0 Å². The fraction of sp³-hybridized carbons (Fsp3) is 0.556. The minimum Gasteiger partial charge on any atom is -0.272 e. The van der Waals surface area contributed by atoms with E-state index in [0.717, 1.165) is 6.08 Å². The van der Waals surface area contributed by atoms with E-state index in [1.165, 1.54) is 13.8 Å². The first-order chi connectivity index (χ1) is 6.72. The maximum atomic E-state index is 12.0. The Morgan fingerprint density at radius 3 is 2.27 bits per heavy atom. The standard InChI is InChI=1S/C9H10F3NO2/c1-5-3-7(14)13(8(5)15)6(2)4-9(10,11)12/h3,6H,4H2,1-2H3. The molecular formula is C9H10F3NO2. The van der Waals surface area contributed by atoms with Crippen LogP contribution in [-0.2, 0) is 9.59 Å². The number of hydrogen-bond donors (Lipinski definition) is 0. The zero-order valence-corrected chi connectivity index (χ0v) is 8.26. The summed E-state index contributed by atoms with van der Waals surface area (Å²) in [4.78, 5) is 23.1. The van der Waals surface area contributed by atoms with Crippen LogP contribution in [0.15, 0.2) is 11.6 Å². The summed E-state index contributed by atoms with van der Waals surface area (Å²) in [5.41, 5.74) is 0.175. The molecule has 1 unspecified atom stereocenters. The minimum atomic E-state index is -4.38. The van der Waals surface area contributed by atoms with E-state index in [-0.39, 0.29) is 5.57 Å². The van der Waals surface area contributed by atoms with E-state index in [9.17, 15) is 22.8 Å². The third kappa shape index (κ3) is 2.57. The van der Waals surface area contributed by atoms with E-state index in [1.54, 1.807) is 0 Å². The Bertz CT molecular complexity index is 333. The van der Waals surface area contributed by atoms with Gasteiger partial charge < -0.3 is 0 Å². The predicted molar refractivity (Wildman–Crippen MR) is 45.7 cm³/mol. The number of halogens is 3. The Balaban J connectivity index is 2.75. The number of alkyl halides is 3. The summed E-state index contributed by atoms with van der Waals surface area (Å²) in [7, 11) is 0. The first-order valence-corrected chi connectivity index (χ1v) is 4.35. The van der Waals surface area contributed by atoms with Gasteiger partial charge in [0, 0.05) is 17.7 Å². The van der Waals surface area contributed by atoms with E-state index in [4.69, 9.17) is 0 Å². The first kappa shape index (κ1) is 11.7. The van der Waals surface area contributed by atoms with Gasteiger partial charge in [-0.25, -0.2) is 0 Å². The van der Waals surface area contributed by atoms with Crippen molar-refractivity contribution in [3.05, 3.63) is 11.6 Å². The Kier molecular flexibility index (Phi) is 2.88. The highest BCUT2D eigenvalue weighted by atomic mass is 19.4. The van der Waals surface area contributed by atoms with Crippen molar-refractivity contribution in [2.45, 2.75) is 32.5 Å². The van der Waals surface area contributed by atoms with Gasteiger partial charge in [-0.2, -0.15) is 13.2 Å². The lowest BCUT2D eigenvalue weighted by atomic mass is 10.2. The van der Waals surface area contributed by atoms with Gasteiger partial charge in [-0.05, 0) is 13.8 Å². The Hall–Kier alpha value is -1.33. The van der Waals surface area contributed by atoms with Crippen LogP contribution in [0.2, 0.25) is 0 Å². The normalized spacial score (nSPS) is 19.5. The highest BCUT2D eigenvalue weighted by Gasteiger charge is 2.38. The van der Waals surface area contributed by atoms with Gasteiger partial charge in [-0.15, -0.1) is 0 Å². The molecule has 1 aliphatic rings. The molecule has 3 nitrogen and oxygen atoms in total. The van der Waals surface area contributed by atoms with E-state index < -0.39 is 30.5 Å². The fourth-order valence-corrected chi connectivity index (χ4v) is 1.45. The maximum absolute atomic E-state index is 12.0. The van der Waals surface area contributed by atoms with Gasteiger partial charge >= 0.3 is 6.18 Å². The molecule has 0 fully saturated rings. The topological polar surface area (TPSA) is 37.4 Å². The summed E-state index contributed by atoms with van der Waals surface area (Å²) in [5, 5.41) is 0. The smallest absolute Gasteiger partial charge is 0.272 e. The second-order valence-corrected chi connectivity index (χ2v) is 3.51. The Labute approximate surface area is 84.5 Å². The van der Waals surface area contributed by atoms with Gasteiger partial charge in [0.2, 0.25) is 0 Å². The van der Waals surface area contributed by atoms with Gasteiger partial charge in [0.05, 0.1) is 6.42 Å². The molecule has 6 heteroatoms. The van der Waals surface area contributed by atoms with Crippen LogP contribution in [0.1, 0.15) is 20.3 Å². The molecule has 0 spiro atoms. The number of carbonyl (C=O) groups is 2. The number of hydrogen-bond acceptors (Lipinski definition) is 2. The number of amides is 2. The summed E-state index contributed by atoms with van der Waals surface area (Å²) in [6, 6.07) is -1.15. The monoisotopic (exact) mass is 221 g/mol. The third-order valence-electron chi connectivity index (χ3n) is 2.10. The van der Waals surface area contributed by atoms with Crippen molar-refractivity contribution >= 4 is 11.8 Å². The molecule has 1 heterocycles. The molecule has 0 aliphatic carbocycles. The molecule has 2 amide bonds. The number of imide groups is 1. The average molecular weight is 221 g/mol. The molecular weight excluding hydrogens is 211 g/mol. The summed E-state index contributed by atoms with van der Waals surface area (Å²) in [6.45, 7) is 2.61. The van der Waals surface area contributed by atoms with Crippen molar-refractivity contribution in [3.8, 4) is 0 Å². The molecule has 1 rings (SSSR count). The molecule has 0 N–H and O–H groups in total. The highest BCUT2D eigenvalue weighted by molar-refractivity contribution is 6.16. The fourth-order valence-electron chi connectivity index (χ4n) is 1.45. The Morgan fingerprint density at radius 2 is 1.93 bits per heavy atom. The second-order valence-electron chi connectivity index (χ2n) is 3.51. The van der Waals surface area contributed by atoms with E-state index in [2.05, 4.69) is 0 Å². The molecule has 0 aromatic carbocycles. The van der Waals surface area contributed by atoms with Crippen LogP contribution in [0, 0.1) is 0 Å². The van der Waals surface area contributed by atoms with Gasteiger partial charge in [0.25, 0.3) is 11.8 Å². The molecule has 15 heavy (non-hydrogen) atoms. The average Bonchev–Trinajstić information content (AvgIpc) is 2.22. The quantitative estimate of drug-likeness (QED) is 0.665. The van der Waals surface area contributed by atoms with Crippen molar-refractivity contribution in [1.29, 1.82) is 0 Å². The van der Waals surface area contributed by atoms with Crippen LogP contribution >= 0.6 is 0 Å². The van der Waals surface area contributed by atoms with Gasteiger partial charge in [0.1, 0.15) is 0 Å². The molecule has 0 bridgehead atoms. The van der Waals surface area contributed by atoms with Crippen molar-refractivity contribution in [2.75, 3.05) is 0 Å². The molecule has 0 aromatic rings. The van der Waals surface area contributed by atoms with E-state index >= 15 is 0 Å². The van der Waals surface area contributed by atoms with Crippen molar-refractivity contribution in [2.24, 2.45) is 0 Å². The predicted octanol–water partition coefficient (Wildman–Crippen LogP) is 1.64. The van der Waals surface area contributed by atoms with E-state index in [0.29, 0.717) is 4.90 Å². The zero-order valence-electron chi connectivity index (χ0n) is 8.26. The van der Waals surface area contributed by atoms with E-state index in [1.807, 2.05) is 0 Å². The van der Waals surface area contributed by atoms with Gasteiger partial charge in [-0.1, -0.05) is 0 Å². The highest BCUT2D eigenvalue weighted by Crippen LogP contribution is 2.26. The molecule has 0 saturated heterocycles. The lowest BCUT2D eigenvalue weighted by Gasteiger charge is -2.23. The lowest BCUT2D eigenvalue weighted by molar-refractivity contribution is -0.155. The maximum Gasteiger partial charge on any atom is 0.391 e. The minimum absolute atomic E-state index is 0.175. The summed E-state index contributed by atoms with van der Waals surface area (Å²) in [5.74, 6) is -1.31. The van der Waals surface area contributed by atoms with Crippen LogP contribution in [0.3, 0.4) is 0 Å². The molecule has 0 saturated carbocycles. The molecule has 0 aromatic heterocycles. The lowest BCUT2D eigenvalue weighted by Crippen LogP contribution is -2.41. The van der Waals surface area contributed by atoms with Crippen LogP contribution in [0.5, 0.6) is 0 Å². The van der Waals surface area contributed by atoms with Crippen molar-refractivity contribution in [3.63, 3.8) is 0 Å². The van der Waals surface area contributed by atoms with Crippen LogP contribution < -0.4 is 0 Å². The molecule has 1 atom stereocenters. The van der Waals surface area contributed by atoms with Crippen LogP contribution in [-0.4, -0.2) is 28.9 Å². The molecule has 84 valence electrons. The Morgan fingerprint density at radius 1 is 1.40 bits per heavy atom. The zero-order chi connectivity index (χ0) is 11.8. The summed E-state index contributed by atoms with van der Waals surface area (Å²) < 4.78 is 36.1.